The van der Waals surface area contributed by atoms with E-state index in [1.165, 1.54) is 5.56 Å². The molecule has 5 nitrogen and oxygen atoms in total. The van der Waals surface area contributed by atoms with E-state index in [2.05, 4.69) is 31.0 Å². The fourth-order valence-corrected chi connectivity index (χ4v) is 3.07. The highest BCUT2D eigenvalue weighted by atomic mass is 16.5. The molecule has 0 saturated heterocycles. The van der Waals surface area contributed by atoms with E-state index in [1.54, 1.807) is 14.2 Å². The van der Waals surface area contributed by atoms with E-state index < -0.39 is 0 Å². The Morgan fingerprint density at radius 3 is 2.11 bits per heavy atom. The van der Waals surface area contributed by atoms with Crippen LogP contribution in [0.1, 0.15) is 48.3 Å². The molecular weight excluding hydrogens is 352 g/mol. The highest BCUT2D eigenvalue weighted by Crippen LogP contribution is 2.31. The molecule has 0 bridgehead atoms. The maximum Gasteiger partial charge on any atom is 0.251 e. The Labute approximate surface area is 168 Å². The first kappa shape index (κ1) is 21.8. The van der Waals surface area contributed by atoms with Crippen molar-refractivity contribution in [3.05, 3.63) is 59.2 Å². The van der Waals surface area contributed by atoms with Gasteiger partial charge in [0.1, 0.15) is 0 Å². The molecule has 2 aromatic carbocycles. The molecule has 0 spiro atoms. The van der Waals surface area contributed by atoms with Crippen molar-refractivity contribution in [1.82, 2.24) is 10.2 Å². The number of methoxy groups -OCH3 is 2. The number of benzene rings is 2. The molecular formula is C23H32N2O3. The number of carbonyl (C=O) groups is 1. The van der Waals surface area contributed by atoms with Crippen LogP contribution in [0.25, 0.3) is 0 Å². The zero-order valence-electron chi connectivity index (χ0n) is 18.0. The van der Waals surface area contributed by atoms with Crippen molar-refractivity contribution in [3.8, 4) is 11.5 Å². The number of hydrogen-bond acceptors (Lipinski definition) is 4. The molecule has 2 rings (SSSR count). The molecule has 0 fully saturated rings. The molecule has 0 aliphatic heterocycles. The lowest BCUT2D eigenvalue weighted by molar-refractivity contribution is 0.0942. The Morgan fingerprint density at radius 1 is 1.00 bits per heavy atom. The van der Waals surface area contributed by atoms with Crippen LogP contribution in [0, 0.1) is 0 Å². The highest BCUT2D eigenvalue weighted by molar-refractivity contribution is 5.94. The van der Waals surface area contributed by atoms with Gasteiger partial charge in [0.2, 0.25) is 0 Å². The van der Waals surface area contributed by atoms with Crippen molar-refractivity contribution in [2.75, 3.05) is 34.9 Å². The minimum absolute atomic E-state index is 0.0117. The number of ether oxygens (including phenoxy) is 2. The van der Waals surface area contributed by atoms with Crippen molar-refractivity contribution in [3.63, 3.8) is 0 Å². The minimum atomic E-state index is -0.0761. The second-order valence-electron chi connectivity index (χ2n) is 8.13. The summed E-state index contributed by atoms with van der Waals surface area (Å²) in [6.07, 6.45) is 0. The molecule has 152 valence electrons. The van der Waals surface area contributed by atoms with E-state index in [4.69, 9.17) is 9.47 Å². The Morgan fingerprint density at radius 2 is 1.61 bits per heavy atom. The van der Waals surface area contributed by atoms with Crippen LogP contribution in [0.3, 0.4) is 0 Å². The van der Waals surface area contributed by atoms with Gasteiger partial charge in [-0.05, 0) is 54.9 Å². The quantitative estimate of drug-likeness (QED) is 0.783. The molecule has 1 N–H and O–H groups in total. The van der Waals surface area contributed by atoms with Crippen LogP contribution in [0.15, 0.2) is 42.5 Å². The Bertz CT molecular complexity index is 792. The van der Waals surface area contributed by atoms with Gasteiger partial charge in [0, 0.05) is 12.1 Å². The lowest BCUT2D eigenvalue weighted by atomic mass is 9.87. The molecule has 0 heterocycles. The van der Waals surface area contributed by atoms with E-state index in [0.717, 1.165) is 5.56 Å². The molecule has 0 aliphatic carbocycles. The van der Waals surface area contributed by atoms with Gasteiger partial charge in [-0.2, -0.15) is 0 Å². The molecule has 0 aliphatic rings. The number of nitrogens with one attached hydrogen (secondary N) is 1. The smallest absolute Gasteiger partial charge is 0.251 e. The Balaban J connectivity index is 2.12. The summed E-state index contributed by atoms with van der Waals surface area (Å²) in [5.74, 6) is 1.29. The monoisotopic (exact) mass is 384 g/mol. The first-order valence-electron chi connectivity index (χ1n) is 9.44. The molecule has 0 radical (unpaired) electrons. The first-order valence-corrected chi connectivity index (χ1v) is 9.44. The zero-order valence-corrected chi connectivity index (χ0v) is 18.0. The lowest BCUT2D eigenvalue weighted by Crippen LogP contribution is -2.34. The maximum absolute atomic E-state index is 12.6. The molecule has 1 atom stereocenters. The van der Waals surface area contributed by atoms with Crippen LogP contribution in [0.4, 0.5) is 0 Å². The number of amides is 1. The summed E-state index contributed by atoms with van der Waals surface area (Å²) in [7, 11) is 7.22. The van der Waals surface area contributed by atoms with E-state index in [9.17, 15) is 4.79 Å². The van der Waals surface area contributed by atoms with Gasteiger partial charge in [0.05, 0.1) is 20.3 Å². The number of hydrogen-bond donors (Lipinski definition) is 1. The third kappa shape index (κ3) is 5.26. The highest BCUT2D eigenvalue weighted by Gasteiger charge is 2.19. The summed E-state index contributed by atoms with van der Waals surface area (Å²) in [6.45, 7) is 6.97. The largest absolute Gasteiger partial charge is 0.493 e. The van der Waals surface area contributed by atoms with Gasteiger partial charge in [0.15, 0.2) is 11.5 Å². The SMILES string of the molecule is COc1ccc(C(CNC(=O)c2ccc(C(C)(C)C)cc2)N(C)C)cc1OC. The average Bonchev–Trinajstić information content (AvgIpc) is 2.66. The van der Waals surface area contributed by atoms with Gasteiger partial charge < -0.3 is 19.7 Å². The number of rotatable bonds is 7. The predicted octanol–water partition coefficient (Wildman–Crippen LogP) is 4.03. The lowest BCUT2D eigenvalue weighted by Gasteiger charge is -2.26. The Kier molecular flexibility index (Phi) is 7.08. The molecule has 2 aromatic rings. The summed E-state index contributed by atoms with van der Waals surface area (Å²) in [6, 6.07) is 13.7. The van der Waals surface area contributed by atoms with E-state index in [0.29, 0.717) is 23.6 Å². The van der Waals surface area contributed by atoms with Crippen LogP contribution < -0.4 is 14.8 Å². The fraction of sp³-hybridized carbons (Fsp3) is 0.435. The van der Waals surface area contributed by atoms with E-state index in [-0.39, 0.29) is 17.4 Å². The minimum Gasteiger partial charge on any atom is -0.493 e. The molecule has 0 aromatic heterocycles. The predicted molar refractivity (Wildman–Crippen MR) is 113 cm³/mol. The third-order valence-electron chi connectivity index (χ3n) is 4.88. The number of nitrogens with zero attached hydrogens (tertiary/aromatic N) is 1. The van der Waals surface area contributed by atoms with Crippen LogP contribution in [-0.2, 0) is 5.41 Å². The number of carbonyl (C=O) groups excluding carboxylic acids is 1. The standard InChI is InChI=1S/C23H32N2O3/c1-23(2,3)18-11-8-16(9-12-18)22(26)24-15-19(25(4)5)17-10-13-20(27-6)21(14-17)28-7/h8-14,19H,15H2,1-7H3,(H,24,26). The van der Waals surface area contributed by atoms with Gasteiger partial charge in [-0.15, -0.1) is 0 Å². The average molecular weight is 385 g/mol. The molecule has 0 saturated carbocycles. The van der Waals surface area contributed by atoms with Crippen molar-refractivity contribution >= 4 is 5.91 Å². The second kappa shape index (κ2) is 9.11. The number of likely N-dealkylation sites (N-methyl/N-ethyl adjacent to an activating group) is 1. The summed E-state index contributed by atoms with van der Waals surface area (Å²) in [5.41, 5.74) is 2.99. The summed E-state index contributed by atoms with van der Waals surface area (Å²) >= 11 is 0. The molecule has 5 heteroatoms. The van der Waals surface area contributed by atoms with Gasteiger partial charge >= 0.3 is 0 Å². The fourth-order valence-electron chi connectivity index (χ4n) is 3.07. The summed E-state index contributed by atoms with van der Waals surface area (Å²) in [5, 5.41) is 3.05. The summed E-state index contributed by atoms with van der Waals surface area (Å²) < 4.78 is 10.7. The maximum atomic E-state index is 12.6. The van der Waals surface area contributed by atoms with Crippen molar-refractivity contribution in [2.24, 2.45) is 0 Å². The van der Waals surface area contributed by atoms with E-state index in [1.807, 2.05) is 56.6 Å². The molecule has 1 unspecified atom stereocenters. The van der Waals surface area contributed by atoms with Crippen molar-refractivity contribution in [1.29, 1.82) is 0 Å². The molecule has 1 amide bonds. The third-order valence-corrected chi connectivity index (χ3v) is 4.88. The normalized spacial score (nSPS) is 12.6. The van der Waals surface area contributed by atoms with Crippen LogP contribution in [0.2, 0.25) is 0 Å². The van der Waals surface area contributed by atoms with E-state index >= 15 is 0 Å². The van der Waals surface area contributed by atoms with Gasteiger partial charge in [0.25, 0.3) is 5.91 Å². The van der Waals surface area contributed by atoms with Crippen LogP contribution >= 0.6 is 0 Å². The van der Waals surface area contributed by atoms with Crippen LogP contribution in [0.5, 0.6) is 11.5 Å². The first-order chi connectivity index (χ1) is 13.2. The van der Waals surface area contributed by atoms with Crippen molar-refractivity contribution in [2.45, 2.75) is 32.2 Å². The van der Waals surface area contributed by atoms with Gasteiger partial charge in [-0.25, -0.2) is 0 Å². The van der Waals surface area contributed by atoms with Gasteiger partial charge in [-0.1, -0.05) is 39.0 Å². The second-order valence-corrected chi connectivity index (χ2v) is 8.13. The zero-order chi connectivity index (χ0) is 20.9. The van der Waals surface area contributed by atoms with Gasteiger partial charge in [-0.3, -0.25) is 4.79 Å². The topological polar surface area (TPSA) is 50.8 Å². The van der Waals surface area contributed by atoms with Crippen molar-refractivity contribution < 1.29 is 14.3 Å². The summed E-state index contributed by atoms with van der Waals surface area (Å²) in [4.78, 5) is 14.7. The molecule has 28 heavy (non-hydrogen) atoms. The Hall–Kier alpha value is -2.53. The van der Waals surface area contributed by atoms with Crippen LogP contribution in [-0.4, -0.2) is 45.7 Å².